The van der Waals surface area contributed by atoms with Crippen molar-refractivity contribution in [2.24, 2.45) is 11.8 Å². The number of rotatable bonds is 14. The minimum absolute atomic E-state index is 0.175. The van der Waals surface area contributed by atoms with Crippen LogP contribution in [0.2, 0.25) is 0 Å². The first-order valence-electron chi connectivity index (χ1n) is 15.7. The molecule has 0 aliphatic carbocycles. The zero-order valence-corrected chi connectivity index (χ0v) is 28.1. The van der Waals surface area contributed by atoms with E-state index in [1.54, 1.807) is 77.6 Å². The zero-order chi connectivity index (χ0) is 33.2. The molecule has 3 aliphatic heterocycles. The largest absolute Gasteiger partial charge is 0.497 e. The molecule has 3 aliphatic rings. The number of halogens is 1. The lowest BCUT2D eigenvalue weighted by Gasteiger charge is -2.39. The summed E-state index contributed by atoms with van der Waals surface area (Å²) in [6.07, 6.45) is 3.38. The Balaban J connectivity index is 1.58. The number of benzene rings is 2. The van der Waals surface area contributed by atoms with E-state index in [1.165, 1.54) is 4.90 Å². The molecule has 0 aromatic heterocycles. The molecule has 3 saturated heterocycles. The molecule has 2 bridgehead atoms. The Bertz CT molecular complexity index is 1450. The Hall–Kier alpha value is -3.67. The number of hydrogen-bond donors (Lipinski definition) is 1. The number of carbonyl (C=O) groups is 3. The Morgan fingerprint density at radius 3 is 2.11 bits per heavy atom. The van der Waals surface area contributed by atoms with Crippen LogP contribution >= 0.6 is 15.9 Å². The van der Waals surface area contributed by atoms with Gasteiger partial charge in [-0.3, -0.25) is 14.4 Å². The molecule has 2 aromatic carbocycles. The molecule has 46 heavy (non-hydrogen) atoms. The van der Waals surface area contributed by atoms with Gasteiger partial charge < -0.3 is 34.0 Å². The van der Waals surface area contributed by atoms with Crippen molar-refractivity contribution in [3.8, 4) is 11.5 Å². The van der Waals surface area contributed by atoms with Crippen LogP contribution in [-0.4, -0.2) is 89.8 Å². The van der Waals surface area contributed by atoms with Gasteiger partial charge in [-0.1, -0.05) is 35.0 Å². The van der Waals surface area contributed by atoms with Crippen molar-refractivity contribution in [1.82, 2.24) is 4.90 Å². The summed E-state index contributed by atoms with van der Waals surface area (Å²) in [5, 5.41) is 10.4. The number of ether oxygens (including phenoxy) is 3. The highest BCUT2D eigenvalue weighted by molar-refractivity contribution is 9.09. The topological polar surface area (TPSA) is 109 Å². The van der Waals surface area contributed by atoms with Crippen molar-refractivity contribution >= 4 is 45.0 Å². The molecule has 1 spiro atoms. The molecule has 2 aromatic rings. The summed E-state index contributed by atoms with van der Waals surface area (Å²) in [6.45, 7) is 12.1. The van der Waals surface area contributed by atoms with E-state index in [9.17, 15) is 19.5 Å². The molecule has 11 heteroatoms. The SMILES string of the molecule is C=CCN(C(=O)C1N([C@@H](CC)CO)C(=O)[C@@H]2[C@H](C(=O)N(CC=C)c3ccc(OCC)cc3)[C@H]3OC12CC3Br)c1ccc(OC)cc1. The highest BCUT2D eigenvalue weighted by Gasteiger charge is 2.77. The third-order valence-electron chi connectivity index (χ3n) is 9.32. The molecule has 5 rings (SSSR count). The maximum absolute atomic E-state index is 14.8. The maximum Gasteiger partial charge on any atom is 0.253 e. The van der Waals surface area contributed by atoms with E-state index in [0.29, 0.717) is 42.3 Å². The first-order chi connectivity index (χ1) is 22.2. The van der Waals surface area contributed by atoms with Gasteiger partial charge >= 0.3 is 0 Å². The van der Waals surface area contributed by atoms with E-state index in [0.717, 1.165) is 0 Å². The fourth-order valence-corrected chi connectivity index (χ4v) is 8.26. The number of methoxy groups -OCH3 is 1. The fourth-order valence-electron chi connectivity index (χ4n) is 7.32. The van der Waals surface area contributed by atoms with Gasteiger partial charge in [-0.2, -0.15) is 0 Å². The number of likely N-dealkylation sites (tertiary alicyclic amines) is 1. The molecule has 3 fully saturated rings. The first-order valence-corrected chi connectivity index (χ1v) is 16.6. The van der Waals surface area contributed by atoms with Crippen molar-refractivity contribution in [1.29, 1.82) is 0 Å². The van der Waals surface area contributed by atoms with Gasteiger partial charge in [0.05, 0.1) is 44.3 Å². The summed E-state index contributed by atoms with van der Waals surface area (Å²) in [5.41, 5.74) is -0.0663. The number of hydrogen-bond acceptors (Lipinski definition) is 7. The Kier molecular flexibility index (Phi) is 10.2. The highest BCUT2D eigenvalue weighted by atomic mass is 79.9. The van der Waals surface area contributed by atoms with Gasteiger partial charge in [0, 0.05) is 29.3 Å². The standard InChI is InChI=1S/C35H42BrN3O7/c1-6-18-37(23-12-16-26(17-13-23)45-9-4)32(41)28-29-33(42)39(22(8-3)21-40)31(35(29)20-27(36)30(28)46-35)34(43)38(19-7-2)24-10-14-25(44-5)15-11-24/h6-7,10-17,22,27-31,40H,1-2,8-9,18-21H2,3-5H3/t22-,27?,28-,29-,30-,31?,35?/m0/s1. The predicted molar refractivity (Wildman–Crippen MR) is 179 cm³/mol. The number of aliphatic hydroxyl groups excluding tert-OH is 1. The van der Waals surface area contributed by atoms with Crippen LogP contribution in [0.3, 0.4) is 0 Å². The van der Waals surface area contributed by atoms with Crippen LogP contribution in [0.1, 0.15) is 26.7 Å². The van der Waals surface area contributed by atoms with Crippen LogP contribution in [0.15, 0.2) is 73.8 Å². The maximum atomic E-state index is 14.8. The Labute approximate surface area is 278 Å². The number of nitrogens with zero attached hydrogens (tertiary/aromatic N) is 3. The molecule has 10 nitrogen and oxygen atoms in total. The lowest BCUT2D eigenvalue weighted by atomic mass is 9.70. The van der Waals surface area contributed by atoms with E-state index in [1.807, 2.05) is 13.8 Å². The smallest absolute Gasteiger partial charge is 0.253 e. The van der Waals surface area contributed by atoms with Gasteiger partial charge in [0.1, 0.15) is 23.1 Å². The lowest BCUT2D eigenvalue weighted by Crippen LogP contribution is -2.59. The summed E-state index contributed by atoms with van der Waals surface area (Å²) in [4.78, 5) is 48.4. The van der Waals surface area contributed by atoms with Gasteiger partial charge in [-0.25, -0.2) is 0 Å². The second-order valence-corrected chi connectivity index (χ2v) is 12.9. The molecular formula is C35H42BrN3O7. The molecule has 3 amide bonds. The van der Waals surface area contributed by atoms with Crippen LogP contribution in [-0.2, 0) is 19.1 Å². The molecule has 3 unspecified atom stereocenters. The van der Waals surface area contributed by atoms with Crippen molar-refractivity contribution in [3.63, 3.8) is 0 Å². The molecule has 246 valence electrons. The summed E-state index contributed by atoms with van der Waals surface area (Å²) < 4.78 is 17.6. The van der Waals surface area contributed by atoms with E-state index >= 15 is 0 Å². The third-order valence-corrected chi connectivity index (χ3v) is 10.2. The zero-order valence-electron chi connectivity index (χ0n) is 26.5. The van der Waals surface area contributed by atoms with E-state index in [2.05, 4.69) is 29.1 Å². The summed E-state index contributed by atoms with van der Waals surface area (Å²) in [6, 6.07) is 12.5. The van der Waals surface area contributed by atoms with Gasteiger partial charge in [0.15, 0.2) is 0 Å². The van der Waals surface area contributed by atoms with Gasteiger partial charge in [0.25, 0.3) is 5.91 Å². The highest BCUT2D eigenvalue weighted by Crippen LogP contribution is 2.61. The van der Waals surface area contributed by atoms with Crippen molar-refractivity contribution in [2.75, 3.05) is 43.2 Å². The minimum atomic E-state index is -1.29. The quantitative estimate of drug-likeness (QED) is 0.231. The number of alkyl halides is 1. The van der Waals surface area contributed by atoms with Crippen LogP contribution in [0.5, 0.6) is 11.5 Å². The van der Waals surface area contributed by atoms with Crippen LogP contribution in [0.25, 0.3) is 0 Å². The lowest BCUT2D eigenvalue weighted by molar-refractivity contribution is -0.144. The first kappa shape index (κ1) is 33.7. The second-order valence-electron chi connectivity index (χ2n) is 11.8. The third kappa shape index (κ3) is 5.62. The van der Waals surface area contributed by atoms with Crippen LogP contribution < -0.4 is 19.3 Å². The fraction of sp³-hybridized carbons (Fsp3) is 0.457. The van der Waals surface area contributed by atoms with E-state index in [-0.39, 0.29) is 42.2 Å². The predicted octanol–water partition coefficient (Wildman–Crippen LogP) is 4.35. The van der Waals surface area contributed by atoms with Crippen LogP contribution in [0, 0.1) is 11.8 Å². The minimum Gasteiger partial charge on any atom is -0.497 e. The molecular weight excluding hydrogens is 654 g/mol. The monoisotopic (exact) mass is 695 g/mol. The van der Waals surface area contributed by atoms with Crippen molar-refractivity contribution in [3.05, 3.63) is 73.8 Å². The van der Waals surface area contributed by atoms with Crippen molar-refractivity contribution in [2.45, 2.75) is 55.3 Å². The van der Waals surface area contributed by atoms with Gasteiger partial charge in [0.2, 0.25) is 11.8 Å². The average Bonchev–Trinajstić information content (AvgIpc) is 3.66. The van der Waals surface area contributed by atoms with E-state index in [4.69, 9.17) is 14.2 Å². The Morgan fingerprint density at radius 2 is 1.61 bits per heavy atom. The number of anilines is 2. The van der Waals surface area contributed by atoms with Gasteiger partial charge in [-0.15, -0.1) is 13.2 Å². The number of amides is 3. The van der Waals surface area contributed by atoms with Crippen molar-refractivity contribution < 1.29 is 33.7 Å². The number of aliphatic hydroxyl groups is 1. The van der Waals surface area contributed by atoms with E-state index < -0.39 is 35.6 Å². The number of carbonyl (C=O) groups excluding carboxylic acids is 3. The Morgan fingerprint density at radius 1 is 1.04 bits per heavy atom. The summed E-state index contributed by atoms with van der Waals surface area (Å²) in [7, 11) is 1.57. The van der Waals surface area contributed by atoms with Gasteiger partial charge in [-0.05, 0) is 68.3 Å². The molecule has 1 N–H and O–H groups in total. The molecule has 7 atom stereocenters. The molecule has 3 heterocycles. The number of fused-ring (bicyclic) bond motifs is 1. The molecule has 0 radical (unpaired) electrons. The molecule has 0 saturated carbocycles. The summed E-state index contributed by atoms with van der Waals surface area (Å²) >= 11 is 3.76. The van der Waals surface area contributed by atoms with Crippen LogP contribution in [0.4, 0.5) is 11.4 Å². The second kappa shape index (κ2) is 14.0. The summed E-state index contributed by atoms with van der Waals surface area (Å²) in [5.74, 6) is -1.50. The normalized spacial score (nSPS) is 26.8. The average molecular weight is 697 g/mol.